The Morgan fingerprint density at radius 2 is 2.00 bits per heavy atom. The summed E-state index contributed by atoms with van der Waals surface area (Å²) in [6, 6.07) is 6.92. The zero-order chi connectivity index (χ0) is 14.8. The number of ether oxygens (including phenoxy) is 1. The van der Waals surface area contributed by atoms with Crippen molar-refractivity contribution in [2.24, 2.45) is 17.8 Å². The first kappa shape index (κ1) is 15.4. The summed E-state index contributed by atoms with van der Waals surface area (Å²) in [5.74, 6) is 3.68. The van der Waals surface area contributed by atoms with Crippen molar-refractivity contribution in [3.05, 3.63) is 28.2 Å². The molecule has 3 unspecified atom stereocenters. The highest BCUT2D eigenvalue weighted by atomic mass is 79.9. The lowest BCUT2D eigenvalue weighted by Gasteiger charge is -2.21. The smallest absolute Gasteiger partial charge is 0.120 e. The Hall–Kier alpha value is -0.540. The van der Waals surface area contributed by atoms with Gasteiger partial charge in [0.25, 0.3) is 0 Å². The van der Waals surface area contributed by atoms with Gasteiger partial charge in [-0.25, -0.2) is 0 Å². The van der Waals surface area contributed by atoms with Gasteiger partial charge in [0.2, 0.25) is 0 Å². The van der Waals surface area contributed by atoms with E-state index >= 15 is 0 Å². The fourth-order valence-corrected chi connectivity index (χ4v) is 4.79. The minimum absolute atomic E-state index is 0.498. The second-order valence-corrected chi connectivity index (χ2v) is 7.36. The van der Waals surface area contributed by atoms with Gasteiger partial charge in [-0.2, -0.15) is 0 Å². The highest BCUT2D eigenvalue weighted by Gasteiger charge is 2.54. The molecule has 3 rings (SSSR count). The summed E-state index contributed by atoms with van der Waals surface area (Å²) in [6.07, 6.45) is 6.93. The van der Waals surface area contributed by atoms with Gasteiger partial charge in [0.05, 0.1) is 7.11 Å². The Morgan fingerprint density at radius 1 is 1.29 bits per heavy atom. The quantitative estimate of drug-likeness (QED) is 0.783. The van der Waals surface area contributed by atoms with E-state index in [4.69, 9.17) is 4.74 Å². The van der Waals surface area contributed by atoms with Crippen molar-refractivity contribution in [2.45, 2.75) is 45.1 Å². The minimum Gasteiger partial charge on any atom is -0.497 e. The van der Waals surface area contributed by atoms with E-state index in [-0.39, 0.29) is 0 Å². The average Bonchev–Trinajstić information content (AvgIpc) is 3.23. The summed E-state index contributed by atoms with van der Waals surface area (Å²) >= 11 is 3.76. The highest BCUT2D eigenvalue weighted by molar-refractivity contribution is 9.10. The first-order valence-corrected chi connectivity index (χ1v) is 9.12. The molecular formula is C18H26BrNO. The molecular weight excluding hydrogens is 326 g/mol. The number of halogens is 1. The van der Waals surface area contributed by atoms with Crippen molar-refractivity contribution in [2.75, 3.05) is 13.7 Å². The normalized spacial score (nSPS) is 28.8. The molecule has 0 bridgehead atoms. The second kappa shape index (κ2) is 6.70. The van der Waals surface area contributed by atoms with Gasteiger partial charge >= 0.3 is 0 Å². The third-order valence-corrected chi connectivity index (χ3v) is 5.95. The molecule has 0 spiro atoms. The van der Waals surface area contributed by atoms with Crippen LogP contribution in [0.4, 0.5) is 0 Å². The van der Waals surface area contributed by atoms with Crippen LogP contribution in [0.2, 0.25) is 0 Å². The molecule has 1 aromatic carbocycles. The Labute approximate surface area is 136 Å². The maximum Gasteiger partial charge on any atom is 0.120 e. The molecule has 2 nitrogen and oxygen atoms in total. The zero-order valence-electron chi connectivity index (χ0n) is 13.1. The van der Waals surface area contributed by atoms with Crippen LogP contribution in [-0.4, -0.2) is 13.7 Å². The number of hydrogen-bond donors (Lipinski definition) is 1. The molecule has 2 aliphatic rings. The third kappa shape index (κ3) is 3.14. The Bertz CT molecular complexity index is 478. The molecule has 3 heteroatoms. The minimum atomic E-state index is 0.498. The standard InChI is InChI=1S/C18H26BrNO/c1-3-10-20-18(17-13-6-4-5-7-14(13)17)15-9-8-12(21-2)11-16(15)19/h8-9,11,13-14,17-18,20H,3-7,10H2,1-2H3. The van der Waals surface area contributed by atoms with Crippen LogP contribution in [0.5, 0.6) is 5.75 Å². The fourth-order valence-electron chi connectivity index (χ4n) is 4.18. The van der Waals surface area contributed by atoms with Crippen molar-refractivity contribution in [1.82, 2.24) is 5.32 Å². The highest BCUT2D eigenvalue weighted by Crippen LogP contribution is 2.60. The van der Waals surface area contributed by atoms with Crippen LogP contribution in [0.3, 0.4) is 0 Å². The molecule has 2 saturated carbocycles. The summed E-state index contributed by atoms with van der Waals surface area (Å²) in [4.78, 5) is 0. The van der Waals surface area contributed by atoms with Crippen molar-refractivity contribution < 1.29 is 4.74 Å². The van der Waals surface area contributed by atoms with E-state index in [2.05, 4.69) is 46.4 Å². The van der Waals surface area contributed by atoms with Crippen LogP contribution in [0.1, 0.15) is 50.6 Å². The van der Waals surface area contributed by atoms with Gasteiger partial charge in [-0.1, -0.05) is 41.8 Å². The predicted octanol–water partition coefficient (Wildman–Crippen LogP) is 4.93. The van der Waals surface area contributed by atoms with E-state index in [0.717, 1.165) is 30.0 Å². The number of methoxy groups -OCH3 is 1. The Balaban J connectivity index is 1.82. The topological polar surface area (TPSA) is 21.3 Å². The monoisotopic (exact) mass is 351 g/mol. The average molecular weight is 352 g/mol. The molecule has 2 aliphatic carbocycles. The molecule has 0 aromatic heterocycles. The largest absolute Gasteiger partial charge is 0.497 e. The van der Waals surface area contributed by atoms with Crippen molar-refractivity contribution in [3.8, 4) is 5.75 Å². The molecule has 0 radical (unpaired) electrons. The number of fused-ring (bicyclic) bond motifs is 1. The number of nitrogens with one attached hydrogen (secondary N) is 1. The van der Waals surface area contributed by atoms with Crippen molar-refractivity contribution in [3.63, 3.8) is 0 Å². The first-order valence-electron chi connectivity index (χ1n) is 8.33. The van der Waals surface area contributed by atoms with Gasteiger partial charge in [-0.3, -0.25) is 0 Å². The molecule has 116 valence electrons. The van der Waals surface area contributed by atoms with Gasteiger partial charge in [-0.15, -0.1) is 0 Å². The zero-order valence-corrected chi connectivity index (χ0v) is 14.7. The third-order valence-electron chi connectivity index (χ3n) is 5.26. The van der Waals surface area contributed by atoms with E-state index in [1.54, 1.807) is 7.11 Å². The van der Waals surface area contributed by atoms with E-state index in [9.17, 15) is 0 Å². The molecule has 1 N–H and O–H groups in total. The van der Waals surface area contributed by atoms with Crippen LogP contribution in [0, 0.1) is 17.8 Å². The Kier molecular flexibility index (Phi) is 4.90. The van der Waals surface area contributed by atoms with Crippen molar-refractivity contribution >= 4 is 15.9 Å². The molecule has 2 fully saturated rings. The van der Waals surface area contributed by atoms with Crippen LogP contribution in [0.15, 0.2) is 22.7 Å². The lowest BCUT2D eigenvalue weighted by molar-refractivity contribution is 0.412. The van der Waals surface area contributed by atoms with E-state index in [1.165, 1.54) is 42.1 Å². The van der Waals surface area contributed by atoms with Crippen LogP contribution < -0.4 is 10.1 Å². The van der Waals surface area contributed by atoms with E-state index in [0.29, 0.717) is 6.04 Å². The van der Waals surface area contributed by atoms with Gasteiger partial charge in [-0.05, 0) is 61.3 Å². The maximum absolute atomic E-state index is 5.33. The van der Waals surface area contributed by atoms with E-state index in [1.807, 2.05) is 0 Å². The summed E-state index contributed by atoms with van der Waals surface area (Å²) in [6.45, 7) is 3.34. The summed E-state index contributed by atoms with van der Waals surface area (Å²) in [5.41, 5.74) is 1.41. The summed E-state index contributed by atoms with van der Waals surface area (Å²) in [7, 11) is 1.73. The SMILES string of the molecule is CCCNC(c1ccc(OC)cc1Br)C1C2CCCCC21. The molecule has 21 heavy (non-hydrogen) atoms. The van der Waals surface area contributed by atoms with E-state index < -0.39 is 0 Å². The number of benzene rings is 1. The predicted molar refractivity (Wildman–Crippen MR) is 90.7 cm³/mol. The molecule has 0 heterocycles. The maximum atomic E-state index is 5.33. The number of hydrogen-bond acceptors (Lipinski definition) is 2. The van der Waals surface area contributed by atoms with Crippen molar-refractivity contribution in [1.29, 1.82) is 0 Å². The van der Waals surface area contributed by atoms with Gasteiger partial charge in [0.15, 0.2) is 0 Å². The van der Waals surface area contributed by atoms with Gasteiger partial charge < -0.3 is 10.1 Å². The van der Waals surface area contributed by atoms with Crippen LogP contribution >= 0.6 is 15.9 Å². The van der Waals surface area contributed by atoms with Crippen LogP contribution in [-0.2, 0) is 0 Å². The molecule has 1 aromatic rings. The van der Waals surface area contributed by atoms with Gasteiger partial charge in [0.1, 0.15) is 5.75 Å². The summed E-state index contributed by atoms with van der Waals surface area (Å²) < 4.78 is 6.51. The lowest BCUT2D eigenvalue weighted by Crippen LogP contribution is -2.25. The van der Waals surface area contributed by atoms with Gasteiger partial charge in [0, 0.05) is 10.5 Å². The molecule has 0 amide bonds. The molecule has 0 saturated heterocycles. The number of rotatable bonds is 6. The molecule has 3 atom stereocenters. The first-order chi connectivity index (χ1) is 10.3. The van der Waals surface area contributed by atoms with Crippen LogP contribution in [0.25, 0.3) is 0 Å². The lowest BCUT2D eigenvalue weighted by atomic mass is 9.99. The second-order valence-electron chi connectivity index (χ2n) is 6.51. The summed E-state index contributed by atoms with van der Waals surface area (Å²) in [5, 5.41) is 3.81. The molecule has 0 aliphatic heterocycles. The Morgan fingerprint density at radius 3 is 2.57 bits per heavy atom. The fraction of sp³-hybridized carbons (Fsp3) is 0.667.